The highest BCUT2D eigenvalue weighted by Crippen LogP contribution is 2.34. The number of guanidine groups is 1. The van der Waals surface area contributed by atoms with E-state index in [0.29, 0.717) is 6.04 Å². The molecule has 5 nitrogen and oxygen atoms in total. The van der Waals surface area contributed by atoms with Crippen LogP contribution in [0.4, 0.5) is 0 Å². The Labute approximate surface area is 158 Å². The average molecular weight is 433 g/mol. The first-order valence-electron chi connectivity index (χ1n) is 8.29. The van der Waals surface area contributed by atoms with Gasteiger partial charge in [0.1, 0.15) is 0 Å². The molecule has 1 saturated carbocycles. The summed E-state index contributed by atoms with van der Waals surface area (Å²) in [6.45, 7) is 4.76. The van der Waals surface area contributed by atoms with E-state index in [1.807, 2.05) is 0 Å². The van der Waals surface area contributed by atoms with Gasteiger partial charge in [0.25, 0.3) is 0 Å². The van der Waals surface area contributed by atoms with Crippen molar-refractivity contribution in [1.29, 1.82) is 0 Å². The fourth-order valence-corrected chi connectivity index (χ4v) is 2.84. The van der Waals surface area contributed by atoms with E-state index in [1.165, 1.54) is 18.5 Å². The predicted molar refractivity (Wildman–Crippen MR) is 108 cm³/mol. The number of aliphatic imine (C=N–C) groups is 1. The molecule has 1 atom stereocenters. The molecule has 0 amide bonds. The van der Waals surface area contributed by atoms with E-state index in [4.69, 9.17) is 4.99 Å². The van der Waals surface area contributed by atoms with Gasteiger partial charge in [-0.15, -0.1) is 24.0 Å². The summed E-state index contributed by atoms with van der Waals surface area (Å²) < 4.78 is 2.16. The van der Waals surface area contributed by atoms with Crippen LogP contribution in [0.25, 0.3) is 0 Å². The summed E-state index contributed by atoms with van der Waals surface area (Å²) in [4.78, 5) is 9.42. The van der Waals surface area contributed by atoms with Crippen LogP contribution >= 0.6 is 24.0 Å². The number of aromatic nitrogens is 1. The smallest absolute Gasteiger partial charge is 0.194 e. The predicted octanol–water partition coefficient (Wildman–Crippen LogP) is 2.38. The van der Waals surface area contributed by atoms with Crippen molar-refractivity contribution in [2.24, 2.45) is 18.0 Å². The average Bonchev–Trinajstić information content (AvgIpc) is 3.22. The van der Waals surface area contributed by atoms with Gasteiger partial charge in [-0.3, -0.25) is 4.99 Å². The molecule has 0 spiro atoms. The van der Waals surface area contributed by atoms with Gasteiger partial charge >= 0.3 is 0 Å². The zero-order valence-corrected chi connectivity index (χ0v) is 17.4. The summed E-state index contributed by atoms with van der Waals surface area (Å²) in [5.41, 5.74) is 1.29. The van der Waals surface area contributed by atoms with Crippen LogP contribution in [0.2, 0.25) is 0 Å². The number of hydrogen-bond donors (Lipinski definition) is 1. The second-order valence-corrected chi connectivity index (χ2v) is 6.53. The lowest BCUT2D eigenvalue weighted by atomic mass is 10.2. The highest BCUT2D eigenvalue weighted by atomic mass is 127. The van der Waals surface area contributed by atoms with E-state index >= 15 is 0 Å². The standard InChI is InChI=1S/C17H31N5.HI/c1-6-18-17(19-12-16(20(2)3)14-9-10-14)22(5)13-15-8-7-11-21(15)4;/h7-8,11,14,16H,6,9-10,12-13H2,1-5H3,(H,18,19);1H. The van der Waals surface area contributed by atoms with Crippen LogP contribution in [0.3, 0.4) is 0 Å². The van der Waals surface area contributed by atoms with Crippen LogP contribution in [0.15, 0.2) is 23.3 Å². The van der Waals surface area contributed by atoms with Crippen molar-refractivity contribution in [3.63, 3.8) is 0 Å². The summed E-state index contributed by atoms with van der Waals surface area (Å²) in [7, 11) is 8.52. The normalized spacial score (nSPS) is 16.2. The number of rotatable bonds is 7. The summed E-state index contributed by atoms with van der Waals surface area (Å²) >= 11 is 0. The largest absolute Gasteiger partial charge is 0.357 e. The fraction of sp³-hybridized carbons (Fsp3) is 0.706. The van der Waals surface area contributed by atoms with Crippen LogP contribution in [0.5, 0.6) is 0 Å². The Bertz CT molecular complexity index is 491. The molecule has 0 bridgehead atoms. The van der Waals surface area contributed by atoms with Gasteiger partial charge in [-0.1, -0.05) is 0 Å². The Hall–Kier alpha value is -0.760. The molecule has 0 aliphatic heterocycles. The molecule has 0 radical (unpaired) electrons. The van der Waals surface area contributed by atoms with Crippen LogP contribution in [0.1, 0.15) is 25.5 Å². The Morgan fingerprint density at radius 1 is 1.39 bits per heavy atom. The lowest BCUT2D eigenvalue weighted by molar-refractivity contribution is 0.270. The number of hydrogen-bond acceptors (Lipinski definition) is 2. The Balaban J connectivity index is 0.00000264. The molecule has 6 heteroatoms. The Morgan fingerprint density at radius 2 is 2.09 bits per heavy atom. The van der Waals surface area contributed by atoms with Gasteiger partial charge in [0.05, 0.1) is 13.1 Å². The molecule has 1 unspecified atom stereocenters. The van der Waals surface area contributed by atoms with E-state index in [1.54, 1.807) is 0 Å². The van der Waals surface area contributed by atoms with Crippen molar-refractivity contribution in [1.82, 2.24) is 19.7 Å². The van der Waals surface area contributed by atoms with E-state index in [9.17, 15) is 0 Å². The number of halogens is 1. The summed E-state index contributed by atoms with van der Waals surface area (Å²) in [5, 5.41) is 3.42. The molecule has 132 valence electrons. The number of aryl methyl sites for hydroxylation is 1. The molecule has 1 aromatic rings. The minimum Gasteiger partial charge on any atom is -0.357 e. The highest BCUT2D eigenvalue weighted by molar-refractivity contribution is 14.0. The third-order valence-corrected chi connectivity index (χ3v) is 4.40. The van der Waals surface area contributed by atoms with Crippen LogP contribution in [0, 0.1) is 5.92 Å². The first-order valence-corrected chi connectivity index (χ1v) is 8.29. The van der Waals surface area contributed by atoms with Crippen molar-refractivity contribution in [3.05, 3.63) is 24.0 Å². The molecule has 0 aromatic carbocycles. The third-order valence-electron chi connectivity index (χ3n) is 4.40. The maximum Gasteiger partial charge on any atom is 0.194 e. The minimum atomic E-state index is 0. The SMILES string of the molecule is CCNC(=NCC(C1CC1)N(C)C)N(C)Cc1cccn1C.I. The summed E-state index contributed by atoms with van der Waals surface area (Å²) in [6, 6.07) is 4.81. The topological polar surface area (TPSA) is 35.8 Å². The van der Waals surface area contributed by atoms with Crippen molar-refractivity contribution < 1.29 is 0 Å². The van der Waals surface area contributed by atoms with E-state index in [2.05, 4.69) is 73.1 Å². The first-order chi connectivity index (χ1) is 10.5. The zero-order valence-electron chi connectivity index (χ0n) is 15.1. The monoisotopic (exact) mass is 433 g/mol. The highest BCUT2D eigenvalue weighted by Gasteiger charge is 2.32. The molecule has 1 N–H and O–H groups in total. The molecule has 1 heterocycles. The van der Waals surface area contributed by atoms with Gasteiger partial charge in [-0.05, 0) is 51.9 Å². The van der Waals surface area contributed by atoms with Gasteiger partial charge in [0.2, 0.25) is 0 Å². The van der Waals surface area contributed by atoms with Gasteiger partial charge in [0.15, 0.2) is 5.96 Å². The quantitative estimate of drug-likeness (QED) is 0.408. The zero-order chi connectivity index (χ0) is 16.1. The summed E-state index contributed by atoms with van der Waals surface area (Å²) in [5.74, 6) is 1.83. The molecule has 1 fully saturated rings. The van der Waals surface area contributed by atoms with Crippen molar-refractivity contribution >= 4 is 29.9 Å². The summed E-state index contributed by atoms with van der Waals surface area (Å²) in [6.07, 6.45) is 4.80. The van der Waals surface area contributed by atoms with Crippen molar-refractivity contribution in [2.45, 2.75) is 32.4 Å². The lowest BCUT2D eigenvalue weighted by Crippen LogP contribution is -2.40. The Kier molecular flexibility index (Phi) is 8.39. The Morgan fingerprint density at radius 3 is 2.57 bits per heavy atom. The minimum absolute atomic E-state index is 0. The molecule has 23 heavy (non-hydrogen) atoms. The van der Waals surface area contributed by atoms with Crippen molar-refractivity contribution in [3.8, 4) is 0 Å². The van der Waals surface area contributed by atoms with Gasteiger partial charge < -0.3 is 19.7 Å². The van der Waals surface area contributed by atoms with Crippen LogP contribution in [-0.4, -0.2) is 60.6 Å². The van der Waals surface area contributed by atoms with Crippen molar-refractivity contribution in [2.75, 3.05) is 34.2 Å². The molecule has 0 saturated heterocycles. The maximum absolute atomic E-state index is 4.89. The van der Waals surface area contributed by atoms with Gasteiger partial charge in [-0.25, -0.2) is 0 Å². The maximum atomic E-state index is 4.89. The molecular formula is C17H32IN5. The molecule has 1 aromatic heterocycles. The molecule has 1 aliphatic rings. The number of nitrogens with zero attached hydrogens (tertiary/aromatic N) is 4. The number of nitrogens with one attached hydrogen (secondary N) is 1. The first kappa shape index (κ1) is 20.3. The second kappa shape index (κ2) is 9.52. The fourth-order valence-electron chi connectivity index (χ4n) is 2.84. The third kappa shape index (κ3) is 5.99. The molecule has 2 rings (SSSR count). The van der Waals surface area contributed by atoms with E-state index in [0.717, 1.165) is 31.5 Å². The van der Waals surface area contributed by atoms with Crippen LogP contribution < -0.4 is 5.32 Å². The number of likely N-dealkylation sites (N-methyl/N-ethyl adjacent to an activating group) is 1. The lowest BCUT2D eigenvalue weighted by Gasteiger charge is -2.25. The second-order valence-electron chi connectivity index (χ2n) is 6.53. The molecular weight excluding hydrogens is 401 g/mol. The van der Waals surface area contributed by atoms with Gasteiger partial charge in [-0.2, -0.15) is 0 Å². The van der Waals surface area contributed by atoms with Crippen LogP contribution in [-0.2, 0) is 13.6 Å². The van der Waals surface area contributed by atoms with E-state index in [-0.39, 0.29) is 24.0 Å². The molecule has 1 aliphatic carbocycles. The van der Waals surface area contributed by atoms with Gasteiger partial charge in [0, 0.05) is 38.6 Å². The van der Waals surface area contributed by atoms with E-state index < -0.39 is 0 Å².